The van der Waals surface area contributed by atoms with Crippen LogP contribution in [0.2, 0.25) is 5.02 Å². The SMILES string of the molecule is O=C(NC1CC1)C1CCCN(S(=O)(=O)Cc2ccc(Cl)cc2)C1. The third kappa shape index (κ3) is 4.46. The number of hydrogen-bond acceptors (Lipinski definition) is 3. The summed E-state index contributed by atoms with van der Waals surface area (Å²) in [4.78, 5) is 12.2. The lowest BCUT2D eigenvalue weighted by atomic mass is 9.99. The lowest BCUT2D eigenvalue weighted by molar-refractivity contribution is -0.126. The van der Waals surface area contributed by atoms with Crippen LogP contribution in [0.15, 0.2) is 24.3 Å². The van der Waals surface area contributed by atoms with Gasteiger partial charge in [0.2, 0.25) is 15.9 Å². The molecule has 5 nitrogen and oxygen atoms in total. The molecule has 1 heterocycles. The van der Waals surface area contributed by atoms with Gasteiger partial charge >= 0.3 is 0 Å². The fourth-order valence-electron chi connectivity index (χ4n) is 2.84. The van der Waals surface area contributed by atoms with Gasteiger partial charge in [0, 0.05) is 24.2 Å². The number of halogens is 1. The van der Waals surface area contributed by atoms with E-state index < -0.39 is 10.0 Å². The quantitative estimate of drug-likeness (QED) is 0.879. The molecule has 1 aliphatic carbocycles. The second-order valence-corrected chi connectivity index (χ2v) is 8.77. The molecule has 1 saturated carbocycles. The van der Waals surface area contributed by atoms with Crippen LogP contribution in [0.25, 0.3) is 0 Å². The van der Waals surface area contributed by atoms with Crippen LogP contribution in [0.5, 0.6) is 0 Å². The second-order valence-electron chi connectivity index (χ2n) is 6.36. The Morgan fingerprint density at radius 1 is 1.22 bits per heavy atom. The van der Waals surface area contributed by atoms with Crippen molar-refractivity contribution in [3.05, 3.63) is 34.9 Å². The summed E-state index contributed by atoms with van der Waals surface area (Å²) in [7, 11) is -3.42. The van der Waals surface area contributed by atoms with Crippen molar-refractivity contribution < 1.29 is 13.2 Å². The van der Waals surface area contributed by atoms with Crippen LogP contribution in [-0.2, 0) is 20.6 Å². The van der Waals surface area contributed by atoms with Gasteiger partial charge in [0.15, 0.2) is 0 Å². The molecule has 1 N–H and O–H groups in total. The number of carbonyl (C=O) groups is 1. The highest BCUT2D eigenvalue weighted by Crippen LogP contribution is 2.24. The maximum Gasteiger partial charge on any atom is 0.224 e. The Morgan fingerprint density at radius 2 is 1.91 bits per heavy atom. The van der Waals surface area contributed by atoms with Gasteiger partial charge in [-0.15, -0.1) is 0 Å². The lowest BCUT2D eigenvalue weighted by Crippen LogP contribution is -2.46. The number of amides is 1. The zero-order valence-corrected chi connectivity index (χ0v) is 14.4. The van der Waals surface area contributed by atoms with Crippen LogP contribution < -0.4 is 5.32 Å². The van der Waals surface area contributed by atoms with Gasteiger partial charge in [-0.3, -0.25) is 4.79 Å². The van der Waals surface area contributed by atoms with Gasteiger partial charge in [-0.2, -0.15) is 0 Å². The lowest BCUT2D eigenvalue weighted by Gasteiger charge is -2.31. The average molecular weight is 357 g/mol. The van der Waals surface area contributed by atoms with E-state index in [1.807, 2.05) is 0 Å². The van der Waals surface area contributed by atoms with Crippen LogP contribution in [-0.4, -0.2) is 37.8 Å². The molecule has 1 atom stereocenters. The molecule has 2 fully saturated rings. The van der Waals surface area contributed by atoms with Crippen molar-refractivity contribution in [1.29, 1.82) is 0 Å². The Kier molecular flexibility index (Phi) is 4.94. The monoisotopic (exact) mass is 356 g/mol. The summed E-state index contributed by atoms with van der Waals surface area (Å²) in [6.45, 7) is 0.775. The zero-order chi connectivity index (χ0) is 16.4. The topological polar surface area (TPSA) is 66.5 Å². The summed E-state index contributed by atoms with van der Waals surface area (Å²) in [6, 6.07) is 7.13. The van der Waals surface area contributed by atoms with E-state index in [0.717, 1.165) is 25.7 Å². The Balaban J connectivity index is 1.64. The first-order valence-electron chi connectivity index (χ1n) is 7.97. The molecule has 3 rings (SSSR count). The van der Waals surface area contributed by atoms with E-state index in [2.05, 4.69) is 5.32 Å². The van der Waals surface area contributed by atoms with E-state index >= 15 is 0 Å². The highest BCUT2D eigenvalue weighted by atomic mass is 35.5. The third-order valence-corrected chi connectivity index (χ3v) is 6.40. The highest BCUT2D eigenvalue weighted by molar-refractivity contribution is 7.88. The number of carbonyl (C=O) groups excluding carboxylic acids is 1. The molecule has 2 aliphatic rings. The second kappa shape index (κ2) is 6.79. The van der Waals surface area contributed by atoms with E-state index in [9.17, 15) is 13.2 Å². The van der Waals surface area contributed by atoms with E-state index in [4.69, 9.17) is 11.6 Å². The minimum Gasteiger partial charge on any atom is -0.353 e. The smallest absolute Gasteiger partial charge is 0.224 e. The van der Waals surface area contributed by atoms with Crippen molar-refractivity contribution in [3.63, 3.8) is 0 Å². The molecule has 1 aromatic carbocycles. The van der Waals surface area contributed by atoms with Crippen molar-refractivity contribution in [1.82, 2.24) is 9.62 Å². The van der Waals surface area contributed by atoms with E-state index in [1.165, 1.54) is 4.31 Å². The van der Waals surface area contributed by atoms with Crippen molar-refractivity contribution >= 4 is 27.5 Å². The van der Waals surface area contributed by atoms with Gasteiger partial charge < -0.3 is 5.32 Å². The Hall–Kier alpha value is -1.11. The number of nitrogens with zero attached hydrogens (tertiary/aromatic N) is 1. The molecule has 1 unspecified atom stereocenters. The molecule has 7 heteroatoms. The molecule has 1 aromatic rings. The number of rotatable bonds is 5. The van der Waals surface area contributed by atoms with Crippen LogP contribution in [0.4, 0.5) is 0 Å². The van der Waals surface area contributed by atoms with Crippen LogP contribution in [0.3, 0.4) is 0 Å². The van der Waals surface area contributed by atoms with E-state index in [0.29, 0.717) is 23.2 Å². The first-order chi connectivity index (χ1) is 10.9. The van der Waals surface area contributed by atoms with Crippen molar-refractivity contribution in [2.75, 3.05) is 13.1 Å². The number of benzene rings is 1. The summed E-state index contributed by atoms with van der Waals surface area (Å²) in [5.74, 6) is -0.288. The van der Waals surface area contributed by atoms with Crippen LogP contribution in [0.1, 0.15) is 31.2 Å². The van der Waals surface area contributed by atoms with Gasteiger partial charge in [0.25, 0.3) is 0 Å². The van der Waals surface area contributed by atoms with Gasteiger partial charge in [-0.25, -0.2) is 12.7 Å². The van der Waals surface area contributed by atoms with Crippen LogP contribution in [0, 0.1) is 5.92 Å². The number of hydrogen-bond donors (Lipinski definition) is 1. The minimum atomic E-state index is -3.42. The Labute approximate surface area is 142 Å². The number of piperidine rings is 1. The fourth-order valence-corrected chi connectivity index (χ4v) is 4.57. The maximum atomic E-state index is 12.6. The number of sulfonamides is 1. The first kappa shape index (κ1) is 16.7. The molecule has 1 saturated heterocycles. The fraction of sp³-hybridized carbons (Fsp3) is 0.562. The summed E-state index contributed by atoms with van der Waals surface area (Å²) in [5.41, 5.74) is 0.707. The molecule has 0 bridgehead atoms. The van der Waals surface area contributed by atoms with Gasteiger partial charge in [-0.1, -0.05) is 23.7 Å². The average Bonchev–Trinajstić information content (AvgIpc) is 3.33. The normalized spacial score (nSPS) is 22.7. The molecule has 126 valence electrons. The molecule has 1 aliphatic heterocycles. The Morgan fingerprint density at radius 3 is 2.57 bits per heavy atom. The molecular formula is C16H21ClN2O3S. The van der Waals surface area contributed by atoms with Gasteiger partial charge in [0.1, 0.15) is 0 Å². The molecule has 0 spiro atoms. The van der Waals surface area contributed by atoms with Gasteiger partial charge in [-0.05, 0) is 43.4 Å². The van der Waals surface area contributed by atoms with Crippen LogP contribution >= 0.6 is 11.6 Å². The summed E-state index contributed by atoms with van der Waals surface area (Å²) >= 11 is 5.83. The largest absolute Gasteiger partial charge is 0.353 e. The van der Waals surface area contributed by atoms with Crippen molar-refractivity contribution in [3.8, 4) is 0 Å². The maximum absolute atomic E-state index is 12.6. The molecule has 23 heavy (non-hydrogen) atoms. The van der Waals surface area contributed by atoms with E-state index in [-0.39, 0.29) is 24.1 Å². The van der Waals surface area contributed by atoms with Gasteiger partial charge in [0.05, 0.1) is 11.7 Å². The highest BCUT2D eigenvalue weighted by Gasteiger charge is 2.34. The predicted molar refractivity (Wildman–Crippen MR) is 89.5 cm³/mol. The molecule has 1 amide bonds. The number of nitrogens with one attached hydrogen (secondary N) is 1. The Bertz CT molecular complexity index is 671. The zero-order valence-electron chi connectivity index (χ0n) is 12.9. The van der Waals surface area contributed by atoms with E-state index in [1.54, 1.807) is 24.3 Å². The third-order valence-electron chi connectivity index (χ3n) is 4.33. The van der Waals surface area contributed by atoms with Crippen molar-refractivity contribution in [2.45, 2.75) is 37.5 Å². The standard InChI is InChI=1S/C16H21ClN2O3S/c17-14-5-3-12(4-6-14)11-23(21,22)19-9-1-2-13(10-19)16(20)18-15-7-8-15/h3-6,13,15H,1-2,7-11H2,(H,18,20). The first-order valence-corrected chi connectivity index (χ1v) is 9.95. The minimum absolute atomic E-state index is 0.00103. The summed E-state index contributed by atoms with van der Waals surface area (Å²) in [6.07, 6.45) is 3.56. The molecular weight excluding hydrogens is 336 g/mol. The molecule has 0 radical (unpaired) electrons. The van der Waals surface area contributed by atoms with Crippen molar-refractivity contribution in [2.24, 2.45) is 5.92 Å². The summed E-state index contributed by atoms with van der Waals surface area (Å²) in [5, 5.41) is 3.56. The predicted octanol–water partition coefficient (Wildman–Crippen LogP) is 2.16. The summed E-state index contributed by atoms with van der Waals surface area (Å²) < 4.78 is 26.7. The molecule has 0 aromatic heterocycles.